The zero-order valence-electron chi connectivity index (χ0n) is 8.33. The van der Waals surface area contributed by atoms with E-state index in [0.717, 1.165) is 0 Å². The standard InChI is InChI=1S/C10H12FN3S/c1-7(13-14-10(12)15)6-8-4-2-3-5-9(8)11/h2-5H,6H2,1H3,(H3,12,14,15)/b13-7-. The van der Waals surface area contributed by atoms with Crippen molar-refractivity contribution in [3.8, 4) is 0 Å². The minimum atomic E-state index is -0.234. The third-order valence-electron chi connectivity index (χ3n) is 1.76. The molecule has 1 rings (SSSR count). The van der Waals surface area contributed by atoms with Crippen molar-refractivity contribution in [3.63, 3.8) is 0 Å². The molecule has 0 atom stereocenters. The number of halogens is 1. The van der Waals surface area contributed by atoms with Crippen LogP contribution in [0.3, 0.4) is 0 Å². The lowest BCUT2D eigenvalue weighted by atomic mass is 10.1. The predicted octanol–water partition coefficient (Wildman–Crippen LogP) is 1.58. The summed E-state index contributed by atoms with van der Waals surface area (Å²) >= 11 is 4.59. The fraction of sp³-hybridized carbons (Fsp3) is 0.200. The number of hydrogen-bond acceptors (Lipinski definition) is 2. The molecule has 3 nitrogen and oxygen atoms in total. The van der Waals surface area contributed by atoms with Crippen LogP contribution in [-0.4, -0.2) is 10.8 Å². The van der Waals surface area contributed by atoms with Gasteiger partial charge in [-0.05, 0) is 30.8 Å². The Balaban J connectivity index is 2.66. The van der Waals surface area contributed by atoms with Crippen molar-refractivity contribution in [1.29, 1.82) is 0 Å². The van der Waals surface area contributed by atoms with Gasteiger partial charge in [0, 0.05) is 12.1 Å². The van der Waals surface area contributed by atoms with Crippen LogP contribution in [0.1, 0.15) is 12.5 Å². The van der Waals surface area contributed by atoms with E-state index in [4.69, 9.17) is 5.73 Å². The molecule has 5 heteroatoms. The Hall–Kier alpha value is -1.49. The molecule has 0 unspecified atom stereocenters. The molecule has 3 N–H and O–H groups in total. The van der Waals surface area contributed by atoms with Gasteiger partial charge in [0.2, 0.25) is 0 Å². The zero-order valence-corrected chi connectivity index (χ0v) is 9.14. The van der Waals surface area contributed by atoms with Crippen LogP contribution < -0.4 is 11.2 Å². The summed E-state index contributed by atoms with van der Waals surface area (Å²) in [6, 6.07) is 6.57. The lowest BCUT2D eigenvalue weighted by Gasteiger charge is -2.03. The van der Waals surface area contributed by atoms with Gasteiger partial charge < -0.3 is 5.73 Å². The molecular weight excluding hydrogens is 213 g/mol. The summed E-state index contributed by atoms with van der Waals surface area (Å²) in [4.78, 5) is 0. The second-order valence-electron chi connectivity index (χ2n) is 3.09. The largest absolute Gasteiger partial charge is 0.375 e. The summed E-state index contributed by atoms with van der Waals surface area (Å²) in [7, 11) is 0. The van der Waals surface area contributed by atoms with E-state index in [-0.39, 0.29) is 10.9 Å². The van der Waals surface area contributed by atoms with Crippen molar-refractivity contribution in [3.05, 3.63) is 35.6 Å². The van der Waals surface area contributed by atoms with E-state index in [0.29, 0.717) is 17.7 Å². The summed E-state index contributed by atoms with van der Waals surface area (Å²) in [5, 5.41) is 3.99. The van der Waals surface area contributed by atoms with Crippen molar-refractivity contribution in [2.24, 2.45) is 10.8 Å². The molecule has 0 amide bonds. The number of thiocarbonyl (C=S) groups is 1. The van der Waals surface area contributed by atoms with E-state index in [9.17, 15) is 4.39 Å². The van der Waals surface area contributed by atoms with Gasteiger partial charge >= 0.3 is 0 Å². The zero-order chi connectivity index (χ0) is 11.3. The van der Waals surface area contributed by atoms with E-state index in [1.807, 2.05) is 0 Å². The smallest absolute Gasteiger partial charge is 0.184 e. The fourth-order valence-corrected chi connectivity index (χ4v) is 1.15. The highest BCUT2D eigenvalue weighted by molar-refractivity contribution is 7.80. The monoisotopic (exact) mass is 225 g/mol. The molecule has 0 heterocycles. The molecule has 15 heavy (non-hydrogen) atoms. The van der Waals surface area contributed by atoms with E-state index in [1.165, 1.54) is 6.07 Å². The van der Waals surface area contributed by atoms with Crippen molar-refractivity contribution >= 4 is 23.0 Å². The minimum Gasteiger partial charge on any atom is -0.375 e. The van der Waals surface area contributed by atoms with Crippen LogP contribution in [0.2, 0.25) is 0 Å². The first-order valence-corrected chi connectivity index (χ1v) is 4.82. The summed E-state index contributed by atoms with van der Waals surface area (Å²) < 4.78 is 13.2. The highest BCUT2D eigenvalue weighted by Gasteiger charge is 2.01. The molecule has 0 saturated carbocycles. The van der Waals surface area contributed by atoms with E-state index >= 15 is 0 Å². The lowest BCUT2D eigenvalue weighted by molar-refractivity contribution is 0.616. The highest BCUT2D eigenvalue weighted by atomic mass is 32.1. The molecule has 0 aliphatic rings. The Morgan fingerprint density at radius 2 is 2.20 bits per heavy atom. The first kappa shape index (κ1) is 11.6. The number of hydrogen-bond donors (Lipinski definition) is 2. The predicted molar refractivity (Wildman–Crippen MR) is 63.1 cm³/mol. The fourth-order valence-electron chi connectivity index (χ4n) is 1.11. The highest BCUT2D eigenvalue weighted by Crippen LogP contribution is 2.07. The van der Waals surface area contributed by atoms with Crippen LogP contribution >= 0.6 is 12.2 Å². The number of nitrogens with one attached hydrogen (secondary N) is 1. The van der Waals surface area contributed by atoms with Crippen LogP contribution in [0.15, 0.2) is 29.4 Å². The SMILES string of the molecule is C/C(Cc1ccccc1F)=N/NC(N)=S. The summed E-state index contributed by atoms with van der Waals surface area (Å²) in [6.07, 6.45) is 0.433. The van der Waals surface area contributed by atoms with E-state index < -0.39 is 0 Å². The van der Waals surface area contributed by atoms with Gasteiger partial charge in [-0.3, -0.25) is 5.43 Å². The number of rotatable bonds is 3. The Kier molecular flexibility index (Phi) is 4.17. The second-order valence-corrected chi connectivity index (χ2v) is 3.53. The number of nitrogens with two attached hydrogens (primary N) is 1. The van der Waals surface area contributed by atoms with Crippen molar-refractivity contribution in [1.82, 2.24) is 5.43 Å². The maximum Gasteiger partial charge on any atom is 0.184 e. The molecule has 80 valence electrons. The average Bonchev–Trinajstić information content (AvgIpc) is 2.18. The molecule has 0 bridgehead atoms. The molecule has 0 aromatic heterocycles. The van der Waals surface area contributed by atoms with Gasteiger partial charge in [0.15, 0.2) is 5.11 Å². The lowest BCUT2D eigenvalue weighted by Crippen LogP contribution is -2.25. The first-order chi connectivity index (χ1) is 7.09. The van der Waals surface area contributed by atoms with E-state index in [1.54, 1.807) is 25.1 Å². The Morgan fingerprint density at radius 1 is 1.53 bits per heavy atom. The van der Waals surface area contributed by atoms with Gasteiger partial charge in [-0.25, -0.2) is 4.39 Å². The molecule has 0 fully saturated rings. The summed E-state index contributed by atoms with van der Waals surface area (Å²) in [6.45, 7) is 1.78. The third kappa shape index (κ3) is 4.03. The van der Waals surface area contributed by atoms with Gasteiger partial charge in [0.25, 0.3) is 0 Å². The molecular formula is C10H12FN3S. The molecule has 0 saturated heterocycles. The number of hydrazone groups is 1. The second kappa shape index (κ2) is 5.41. The van der Waals surface area contributed by atoms with Crippen molar-refractivity contribution in [2.45, 2.75) is 13.3 Å². The Labute approximate surface area is 93.2 Å². The topological polar surface area (TPSA) is 50.4 Å². The summed E-state index contributed by atoms with van der Waals surface area (Å²) in [5.74, 6) is -0.234. The van der Waals surface area contributed by atoms with Crippen molar-refractivity contribution < 1.29 is 4.39 Å². The van der Waals surface area contributed by atoms with Gasteiger partial charge in [0.05, 0.1) is 0 Å². The number of nitrogens with zero attached hydrogens (tertiary/aromatic N) is 1. The van der Waals surface area contributed by atoms with Gasteiger partial charge in [-0.1, -0.05) is 18.2 Å². The van der Waals surface area contributed by atoms with Crippen LogP contribution in [0, 0.1) is 5.82 Å². The van der Waals surface area contributed by atoms with Gasteiger partial charge in [-0.2, -0.15) is 5.10 Å². The molecule has 0 radical (unpaired) electrons. The molecule has 0 spiro atoms. The summed E-state index contributed by atoms with van der Waals surface area (Å²) in [5.41, 5.74) is 8.98. The van der Waals surface area contributed by atoms with Gasteiger partial charge in [0.1, 0.15) is 5.82 Å². The van der Waals surface area contributed by atoms with Gasteiger partial charge in [-0.15, -0.1) is 0 Å². The molecule has 1 aromatic carbocycles. The maximum absolute atomic E-state index is 13.2. The quantitative estimate of drug-likeness (QED) is 0.466. The van der Waals surface area contributed by atoms with Crippen molar-refractivity contribution in [2.75, 3.05) is 0 Å². The minimum absolute atomic E-state index is 0.0999. The number of benzene rings is 1. The Morgan fingerprint density at radius 3 is 2.80 bits per heavy atom. The first-order valence-electron chi connectivity index (χ1n) is 4.41. The Bertz CT molecular complexity index is 390. The van der Waals surface area contributed by atoms with Crippen LogP contribution in [0.25, 0.3) is 0 Å². The van der Waals surface area contributed by atoms with Crippen LogP contribution in [0.5, 0.6) is 0 Å². The molecule has 0 aliphatic heterocycles. The third-order valence-corrected chi connectivity index (χ3v) is 1.85. The maximum atomic E-state index is 13.2. The molecule has 1 aromatic rings. The van der Waals surface area contributed by atoms with Crippen LogP contribution in [0.4, 0.5) is 4.39 Å². The molecule has 0 aliphatic carbocycles. The van der Waals surface area contributed by atoms with E-state index in [2.05, 4.69) is 22.7 Å². The van der Waals surface area contributed by atoms with Crippen LogP contribution in [-0.2, 0) is 6.42 Å². The normalized spacial score (nSPS) is 11.2. The average molecular weight is 225 g/mol.